The van der Waals surface area contributed by atoms with Crippen molar-refractivity contribution in [1.29, 1.82) is 0 Å². The van der Waals surface area contributed by atoms with Gasteiger partial charge in [0, 0.05) is 6.54 Å². The summed E-state index contributed by atoms with van der Waals surface area (Å²) >= 11 is 0. The van der Waals surface area contributed by atoms with Crippen molar-refractivity contribution < 1.29 is 9.59 Å². The molecule has 0 radical (unpaired) electrons. The van der Waals surface area contributed by atoms with Crippen molar-refractivity contribution in [3.63, 3.8) is 0 Å². The van der Waals surface area contributed by atoms with Crippen LogP contribution < -0.4 is 10.2 Å². The predicted molar refractivity (Wildman–Crippen MR) is 70.7 cm³/mol. The minimum Gasteiger partial charge on any atom is -0.343 e. The van der Waals surface area contributed by atoms with E-state index in [0.29, 0.717) is 23.7 Å². The maximum atomic E-state index is 12.1. The first kappa shape index (κ1) is 12.6. The van der Waals surface area contributed by atoms with E-state index in [0.717, 1.165) is 5.56 Å². The van der Waals surface area contributed by atoms with Crippen LogP contribution in [-0.4, -0.2) is 24.9 Å². The second-order valence-corrected chi connectivity index (χ2v) is 5.10. The predicted octanol–water partition coefficient (Wildman–Crippen LogP) is 1.73. The van der Waals surface area contributed by atoms with Gasteiger partial charge >= 0.3 is 0 Å². The summed E-state index contributed by atoms with van der Waals surface area (Å²) in [4.78, 5) is 25.7. The van der Waals surface area contributed by atoms with Gasteiger partial charge in [-0.1, -0.05) is 25.5 Å². The monoisotopic (exact) mass is 246 g/mol. The van der Waals surface area contributed by atoms with E-state index in [2.05, 4.69) is 19.2 Å². The molecule has 2 amide bonds. The number of anilines is 1. The van der Waals surface area contributed by atoms with Crippen LogP contribution in [0.5, 0.6) is 0 Å². The van der Waals surface area contributed by atoms with E-state index in [-0.39, 0.29) is 18.4 Å². The normalized spacial score (nSPS) is 15.4. The van der Waals surface area contributed by atoms with Crippen LogP contribution in [-0.2, 0) is 4.79 Å². The van der Waals surface area contributed by atoms with Gasteiger partial charge in [0.15, 0.2) is 0 Å². The Balaban J connectivity index is 2.50. The Bertz CT molecular complexity index is 495. The maximum absolute atomic E-state index is 12.1. The van der Waals surface area contributed by atoms with Crippen molar-refractivity contribution in [2.75, 3.05) is 18.0 Å². The van der Waals surface area contributed by atoms with Crippen LogP contribution in [0.1, 0.15) is 29.8 Å². The molecular weight excluding hydrogens is 228 g/mol. The van der Waals surface area contributed by atoms with Crippen molar-refractivity contribution in [1.82, 2.24) is 5.32 Å². The van der Waals surface area contributed by atoms with Crippen LogP contribution in [0.25, 0.3) is 0 Å². The van der Waals surface area contributed by atoms with E-state index >= 15 is 0 Å². The number of carbonyl (C=O) groups is 2. The lowest BCUT2D eigenvalue weighted by atomic mass is 10.1. The van der Waals surface area contributed by atoms with E-state index in [1.807, 2.05) is 25.1 Å². The number of nitrogens with one attached hydrogen (secondary N) is 1. The molecule has 0 saturated heterocycles. The van der Waals surface area contributed by atoms with Crippen molar-refractivity contribution in [2.24, 2.45) is 5.92 Å². The molecule has 1 aromatic carbocycles. The van der Waals surface area contributed by atoms with Crippen LogP contribution in [0.4, 0.5) is 5.69 Å². The molecule has 18 heavy (non-hydrogen) atoms. The summed E-state index contributed by atoms with van der Waals surface area (Å²) in [7, 11) is 0. The molecule has 0 spiro atoms. The smallest absolute Gasteiger partial charge is 0.253 e. The molecule has 2 rings (SSSR count). The molecule has 1 N–H and O–H groups in total. The van der Waals surface area contributed by atoms with Gasteiger partial charge in [-0.3, -0.25) is 9.59 Å². The van der Waals surface area contributed by atoms with Crippen LogP contribution >= 0.6 is 0 Å². The molecule has 0 bridgehead atoms. The summed E-state index contributed by atoms with van der Waals surface area (Å²) < 4.78 is 0. The lowest BCUT2D eigenvalue weighted by Crippen LogP contribution is -2.38. The summed E-state index contributed by atoms with van der Waals surface area (Å²) in [5.41, 5.74) is 2.32. The van der Waals surface area contributed by atoms with Crippen molar-refractivity contribution in [3.8, 4) is 0 Å². The Morgan fingerprint density at radius 1 is 1.33 bits per heavy atom. The topological polar surface area (TPSA) is 49.4 Å². The van der Waals surface area contributed by atoms with E-state index in [4.69, 9.17) is 0 Å². The number of carbonyl (C=O) groups excluding carboxylic acids is 2. The summed E-state index contributed by atoms with van der Waals surface area (Å²) in [5.74, 6) is 0.129. The molecule has 1 aliphatic rings. The highest BCUT2D eigenvalue weighted by Gasteiger charge is 2.26. The third kappa shape index (κ3) is 2.37. The molecule has 1 heterocycles. The lowest BCUT2D eigenvalue weighted by Gasteiger charge is -2.24. The van der Waals surface area contributed by atoms with Crippen molar-refractivity contribution in [2.45, 2.75) is 20.8 Å². The third-order valence-corrected chi connectivity index (χ3v) is 2.94. The van der Waals surface area contributed by atoms with Crippen LogP contribution in [0.3, 0.4) is 0 Å². The van der Waals surface area contributed by atoms with Crippen molar-refractivity contribution >= 4 is 17.5 Å². The Hall–Kier alpha value is -1.84. The van der Waals surface area contributed by atoms with Crippen LogP contribution in [0.15, 0.2) is 18.2 Å². The molecule has 96 valence electrons. The molecule has 0 aromatic heterocycles. The van der Waals surface area contributed by atoms with Crippen LogP contribution in [0, 0.1) is 12.8 Å². The molecule has 0 saturated carbocycles. The van der Waals surface area contributed by atoms with Gasteiger partial charge in [0.25, 0.3) is 5.91 Å². The molecule has 1 aliphatic heterocycles. The summed E-state index contributed by atoms with van der Waals surface area (Å²) in [6.07, 6.45) is 0. The minimum atomic E-state index is -0.173. The zero-order chi connectivity index (χ0) is 13.3. The number of benzene rings is 1. The number of hydrogen-bond acceptors (Lipinski definition) is 2. The largest absolute Gasteiger partial charge is 0.343 e. The fourth-order valence-corrected chi connectivity index (χ4v) is 2.11. The van der Waals surface area contributed by atoms with E-state index < -0.39 is 0 Å². The average Bonchev–Trinajstić information content (AvgIpc) is 2.41. The number of rotatable bonds is 2. The summed E-state index contributed by atoms with van der Waals surface area (Å²) in [6.45, 7) is 6.75. The molecule has 0 aliphatic carbocycles. The first-order chi connectivity index (χ1) is 8.49. The number of amides is 2. The number of nitrogens with zero attached hydrogens (tertiary/aromatic N) is 1. The fraction of sp³-hybridized carbons (Fsp3) is 0.429. The first-order valence-corrected chi connectivity index (χ1v) is 6.18. The van der Waals surface area contributed by atoms with Gasteiger partial charge in [-0.05, 0) is 25.0 Å². The Kier molecular flexibility index (Phi) is 3.36. The zero-order valence-electron chi connectivity index (χ0n) is 11.0. The highest BCUT2D eigenvalue weighted by atomic mass is 16.2. The Labute approximate surface area is 107 Å². The van der Waals surface area contributed by atoms with Gasteiger partial charge in [0.1, 0.15) is 0 Å². The molecule has 0 atom stereocenters. The second kappa shape index (κ2) is 4.80. The van der Waals surface area contributed by atoms with Crippen LogP contribution in [0.2, 0.25) is 0 Å². The minimum absolute atomic E-state index is 0.0559. The second-order valence-electron chi connectivity index (χ2n) is 5.10. The summed E-state index contributed by atoms with van der Waals surface area (Å²) in [5, 5.41) is 2.65. The van der Waals surface area contributed by atoms with Gasteiger partial charge in [-0.25, -0.2) is 0 Å². The number of fused-ring (bicyclic) bond motifs is 1. The molecule has 0 unspecified atom stereocenters. The Morgan fingerprint density at radius 3 is 2.72 bits per heavy atom. The zero-order valence-corrected chi connectivity index (χ0v) is 11.0. The number of hydrogen-bond donors (Lipinski definition) is 1. The molecular formula is C14H18N2O2. The summed E-state index contributed by atoms with van der Waals surface area (Å²) in [6, 6.07) is 5.62. The van der Waals surface area contributed by atoms with E-state index in [1.54, 1.807) is 4.90 Å². The van der Waals surface area contributed by atoms with E-state index in [9.17, 15) is 9.59 Å². The highest BCUT2D eigenvalue weighted by Crippen LogP contribution is 2.25. The quantitative estimate of drug-likeness (QED) is 0.864. The average molecular weight is 246 g/mol. The van der Waals surface area contributed by atoms with Crippen molar-refractivity contribution in [3.05, 3.63) is 29.3 Å². The first-order valence-electron chi connectivity index (χ1n) is 6.18. The van der Waals surface area contributed by atoms with Gasteiger partial charge in [-0.2, -0.15) is 0 Å². The fourth-order valence-electron chi connectivity index (χ4n) is 2.11. The van der Waals surface area contributed by atoms with Gasteiger partial charge < -0.3 is 10.2 Å². The molecule has 0 fully saturated rings. The lowest BCUT2D eigenvalue weighted by molar-refractivity contribution is -0.117. The third-order valence-electron chi connectivity index (χ3n) is 2.94. The number of aryl methyl sites for hydroxylation is 1. The standard InChI is InChI=1S/C14H18N2O2/c1-9(2)8-16-12-5-4-10(3)6-11(12)14(18)15-7-13(16)17/h4-6,9H,7-8H2,1-3H3,(H,15,18). The van der Waals surface area contributed by atoms with Gasteiger partial charge in [0.2, 0.25) is 5.91 Å². The van der Waals surface area contributed by atoms with Gasteiger partial charge in [0.05, 0.1) is 17.8 Å². The highest BCUT2D eigenvalue weighted by molar-refractivity contribution is 6.09. The van der Waals surface area contributed by atoms with Gasteiger partial charge in [-0.15, -0.1) is 0 Å². The Morgan fingerprint density at radius 2 is 2.06 bits per heavy atom. The molecule has 4 nitrogen and oxygen atoms in total. The molecule has 1 aromatic rings. The SMILES string of the molecule is Cc1ccc2c(c1)C(=O)NCC(=O)N2CC(C)C. The molecule has 4 heteroatoms. The van der Waals surface area contributed by atoms with E-state index in [1.165, 1.54) is 0 Å². The maximum Gasteiger partial charge on any atom is 0.253 e.